The summed E-state index contributed by atoms with van der Waals surface area (Å²) < 4.78 is 0. The van der Waals surface area contributed by atoms with Gasteiger partial charge < -0.3 is 0 Å². The molecule has 30 heavy (non-hydrogen) atoms. The highest BCUT2D eigenvalue weighted by molar-refractivity contribution is 7.80. The summed E-state index contributed by atoms with van der Waals surface area (Å²) in [6.45, 7) is 0. The zero-order chi connectivity index (χ0) is 21.4. The smallest absolute Gasteiger partial charge is 0.287 e. The van der Waals surface area contributed by atoms with Gasteiger partial charge >= 0.3 is 0 Å². The molecule has 0 saturated carbocycles. The highest BCUT2D eigenvalue weighted by Gasteiger charge is 2.34. The molecule has 2 aromatic heterocycles. The van der Waals surface area contributed by atoms with Crippen molar-refractivity contribution >= 4 is 80.9 Å². The van der Waals surface area contributed by atoms with Crippen LogP contribution in [-0.2, 0) is 9.59 Å². The zero-order valence-electron chi connectivity index (χ0n) is 14.8. The molecule has 0 spiro atoms. The molecule has 0 bridgehead atoms. The Morgan fingerprint density at radius 1 is 1.07 bits per heavy atom. The number of benzene rings is 1. The normalized spacial score (nSPS) is 15.6. The van der Waals surface area contributed by atoms with Crippen molar-refractivity contribution in [3.63, 3.8) is 0 Å². The molecule has 0 radical (unpaired) electrons. The predicted molar refractivity (Wildman–Crippen MR) is 122 cm³/mol. The zero-order valence-corrected chi connectivity index (χ0v) is 18.0. The lowest BCUT2D eigenvalue weighted by Crippen LogP contribution is -2.54. The maximum atomic E-state index is 13.1. The van der Waals surface area contributed by atoms with E-state index in [1.54, 1.807) is 40.4 Å². The van der Waals surface area contributed by atoms with Gasteiger partial charge in [-0.05, 0) is 58.9 Å². The summed E-state index contributed by atoms with van der Waals surface area (Å²) in [4.78, 5) is 37.7. The highest BCUT2D eigenvalue weighted by Crippen LogP contribution is 2.38. The molecule has 2 amide bonds. The topological polar surface area (TPSA) is 92.6 Å². The Morgan fingerprint density at radius 2 is 1.73 bits per heavy atom. The summed E-state index contributed by atoms with van der Waals surface area (Å²) in [7, 11) is 0. The average molecular weight is 476 g/mol. The molecule has 0 aliphatic carbocycles. The second kappa shape index (κ2) is 8.07. The predicted octanol–water partition coefficient (Wildman–Crippen LogP) is 4.87. The first-order valence-corrected chi connectivity index (χ1v) is 11.0. The van der Waals surface area contributed by atoms with Crippen LogP contribution in [0.5, 0.6) is 0 Å². The van der Waals surface area contributed by atoms with Crippen LogP contribution < -0.4 is 10.2 Å². The van der Waals surface area contributed by atoms with Crippen LogP contribution >= 0.6 is 46.5 Å². The fourth-order valence-electron chi connectivity index (χ4n) is 2.91. The second-order valence-corrected chi connectivity index (χ2v) is 8.41. The van der Waals surface area contributed by atoms with E-state index >= 15 is 0 Å². The van der Waals surface area contributed by atoms with Gasteiger partial charge in [-0.3, -0.25) is 29.9 Å². The van der Waals surface area contributed by atoms with Gasteiger partial charge in [0.05, 0.1) is 21.6 Å². The summed E-state index contributed by atoms with van der Waals surface area (Å²) in [5.74, 6) is -1.23. The fourth-order valence-corrected chi connectivity index (χ4v) is 4.92. The number of carbonyl (C=O) groups excluding carboxylic acids is 2. The van der Waals surface area contributed by atoms with Crippen LogP contribution in [0.15, 0.2) is 51.4 Å². The maximum absolute atomic E-state index is 13.1. The van der Waals surface area contributed by atoms with Crippen molar-refractivity contribution in [3.05, 3.63) is 72.1 Å². The van der Waals surface area contributed by atoms with Gasteiger partial charge in [0.15, 0.2) is 5.11 Å². The van der Waals surface area contributed by atoms with Crippen molar-refractivity contribution < 1.29 is 14.5 Å². The van der Waals surface area contributed by atoms with Crippen LogP contribution in [0.2, 0.25) is 5.02 Å². The van der Waals surface area contributed by atoms with E-state index in [2.05, 4.69) is 5.32 Å². The molecule has 1 fully saturated rings. The van der Waals surface area contributed by atoms with Gasteiger partial charge in [0.2, 0.25) is 0 Å². The molecule has 1 saturated heterocycles. The lowest BCUT2D eigenvalue weighted by Gasteiger charge is -2.28. The monoisotopic (exact) mass is 475 g/mol. The van der Waals surface area contributed by atoms with Crippen molar-refractivity contribution in [2.24, 2.45) is 0 Å². The largest absolute Gasteiger partial charge is 0.298 e. The van der Waals surface area contributed by atoms with Gasteiger partial charge in [0, 0.05) is 16.0 Å². The van der Waals surface area contributed by atoms with Crippen molar-refractivity contribution in [2.75, 3.05) is 4.90 Å². The maximum Gasteiger partial charge on any atom is 0.287 e. The number of hydrogen-bond acceptors (Lipinski definition) is 7. The number of thiocarbonyl (C=S) groups is 1. The average Bonchev–Trinajstić information content (AvgIpc) is 3.35. The summed E-state index contributed by atoms with van der Waals surface area (Å²) in [6.07, 6.45) is 1.43. The molecule has 11 heteroatoms. The van der Waals surface area contributed by atoms with Gasteiger partial charge in [0.25, 0.3) is 17.5 Å². The number of amides is 2. The van der Waals surface area contributed by atoms with Crippen LogP contribution in [0.3, 0.4) is 0 Å². The number of carbonyl (C=O) groups is 2. The van der Waals surface area contributed by atoms with E-state index in [4.69, 9.17) is 23.8 Å². The van der Waals surface area contributed by atoms with Crippen LogP contribution in [0.1, 0.15) is 5.56 Å². The minimum Gasteiger partial charge on any atom is -0.298 e. The molecular weight excluding hydrogens is 466 g/mol. The van der Waals surface area contributed by atoms with E-state index in [9.17, 15) is 19.7 Å². The molecule has 7 nitrogen and oxygen atoms in total. The van der Waals surface area contributed by atoms with E-state index in [1.807, 2.05) is 0 Å². The van der Waals surface area contributed by atoms with E-state index in [0.717, 1.165) is 0 Å². The Hall–Kier alpha value is -2.92. The van der Waals surface area contributed by atoms with Crippen molar-refractivity contribution in [2.45, 2.75) is 0 Å². The summed E-state index contributed by atoms with van der Waals surface area (Å²) in [6, 6.07) is 6.46. The Kier molecular flexibility index (Phi) is 5.48. The first-order valence-electron chi connectivity index (χ1n) is 8.31. The highest BCUT2D eigenvalue weighted by atomic mass is 35.5. The molecule has 1 N–H and O–H groups in total. The Balaban J connectivity index is 1.76. The molecule has 3 heterocycles. The number of nitrogens with one attached hydrogen (secondary N) is 1. The number of anilines is 1. The summed E-state index contributed by atoms with van der Waals surface area (Å²) in [5, 5.41) is 20.8. The fraction of sp³-hybridized carbons (Fsp3) is 0. The molecule has 0 unspecified atom stereocenters. The number of nitrogens with zero attached hydrogens (tertiary/aromatic N) is 2. The SMILES string of the molecule is O=C1NC(=S)N(c2ccc(Cl)cc2)C(=O)/C1=C\c1cscc1-c1cscc1[N+](=O)[O-]. The third kappa shape index (κ3) is 3.65. The van der Waals surface area contributed by atoms with Crippen molar-refractivity contribution in [3.8, 4) is 11.1 Å². The van der Waals surface area contributed by atoms with Gasteiger partial charge in [-0.1, -0.05) is 11.6 Å². The number of thiophene rings is 2. The van der Waals surface area contributed by atoms with Crippen molar-refractivity contribution in [1.82, 2.24) is 5.32 Å². The van der Waals surface area contributed by atoms with E-state index < -0.39 is 16.7 Å². The molecular formula is C19H10ClN3O4S3. The first-order chi connectivity index (χ1) is 14.4. The Labute approximate surface area is 188 Å². The van der Waals surface area contributed by atoms with Crippen LogP contribution in [0.25, 0.3) is 17.2 Å². The molecule has 150 valence electrons. The van der Waals surface area contributed by atoms with Gasteiger partial charge in [-0.15, -0.1) is 11.3 Å². The van der Waals surface area contributed by atoms with Crippen LogP contribution in [-0.4, -0.2) is 21.9 Å². The minimum absolute atomic E-state index is 0.0264. The summed E-state index contributed by atoms with van der Waals surface area (Å²) in [5.41, 5.74) is 1.85. The number of nitro groups is 1. The third-order valence-electron chi connectivity index (χ3n) is 4.31. The molecule has 3 aromatic rings. The lowest BCUT2D eigenvalue weighted by molar-refractivity contribution is -0.383. The summed E-state index contributed by atoms with van der Waals surface area (Å²) >= 11 is 13.6. The minimum atomic E-state index is -0.632. The molecule has 4 rings (SSSR count). The van der Waals surface area contributed by atoms with Gasteiger partial charge in [0.1, 0.15) is 5.57 Å². The molecule has 1 aliphatic heterocycles. The number of hydrogen-bond donors (Lipinski definition) is 1. The quantitative estimate of drug-likeness (QED) is 0.191. The second-order valence-electron chi connectivity index (χ2n) is 6.10. The molecule has 0 atom stereocenters. The first kappa shape index (κ1) is 20.4. The van der Waals surface area contributed by atoms with Gasteiger partial charge in [-0.25, -0.2) is 0 Å². The lowest BCUT2D eigenvalue weighted by atomic mass is 10.0. The van der Waals surface area contributed by atoms with E-state index in [0.29, 0.717) is 27.4 Å². The standard InChI is InChI=1S/C19H10ClN3O4S3/c20-11-1-3-12(4-2-11)22-18(25)13(17(24)21-19(22)28)5-10-6-29-7-14(10)15-8-30-9-16(15)23(26)27/h1-9H,(H,21,24,28)/b13-5-. The van der Waals surface area contributed by atoms with Crippen molar-refractivity contribution in [1.29, 1.82) is 0 Å². The van der Waals surface area contributed by atoms with Gasteiger partial charge in [-0.2, -0.15) is 11.3 Å². The molecule has 1 aliphatic rings. The third-order valence-corrected chi connectivity index (χ3v) is 6.34. The van der Waals surface area contributed by atoms with E-state index in [1.165, 1.54) is 39.0 Å². The Bertz CT molecular complexity index is 1230. The van der Waals surface area contributed by atoms with E-state index in [-0.39, 0.29) is 16.4 Å². The number of rotatable bonds is 4. The Morgan fingerprint density at radius 3 is 2.43 bits per heavy atom. The van der Waals surface area contributed by atoms with Crippen LogP contribution in [0.4, 0.5) is 11.4 Å². The number of halogens is 1. The van der Waals surface area contributed by atoms with Crippen LogP contribution in [0, 0.1) is 10.1 Å². The molecule has 1 aromatic carbocycles.